The number of ketones is 1. The van der Waals surface area contributed by atoms with E-state index in [0.29, 0.717) is 30.2 Å². The van der Waals surface area contributed by atoms with Crippen molar-refractivity contribution in [1.29, 1.82) is 0 Å². The van der Waals surface area contributed by atoms with E-state index < -0.39 is 27.1 Å². The van der Waals surface area contributed by atoms with Gasteiger partial charge < -0.3 is 14.2 Å². The summed E-state index contributed by atoms with van der Waals surface area (Å²) in [7, 11) is 3.41. The Balaban J connectivity index is 1.88. The summed E-state index contributed by atoms with van der Waals surface area (Å²) in [5.41, 5.74) is 0.414. The zero-order valence-electron chi connectivity index (χ0n) is 22.1. The van der Waals surface area contributed by atoms with Gasteiger partial charge in [-0.3, -0.25) is 29.9 Å². The van der Waals surface area contributed by atoms with Crippen molar-refractivity contribution in [2.75, 3.05) is 27.5 Å². The zero-order valence-corrected chi connectivity index (χ0v) is 22.1. The summed E-state index contributed by atoms with van der Waals surface area (Å²) < 4.78 is 16.9. The molecule has 0 bridgehead atoms. The Morgan fingerprint density at radius 3 is 2.24 bits per heavy atom. The zero-order chi connectivity index (χ0) is 27.4. The number of likely N-dealkylation sites (N-methyl/N-ethyl adjacent to an activating group) is 1. The lowest BCUT2D eigenvalue weighted by atomic mass is 9.79. The first-order chi connectivity index (χ1) is 17.3. The molecule has 0 aromatic heterocycles. The third-order valence-electron chi connectivity index (χ3n) is 7.25. The summed E-state index contributed by atoms with van der Waals surface area (Å²) in [5.74, 6) is 1.14. The van der Waals surface area contributed by atoms with Crippen LogP contribution in [0, 0.1) is 34.1 Å². The van der Waals surface area contributed by atoms with Gasteiger partial charge in [0, 0.05) is 46.7 Å². The molecule has 11 nitrogen and oxygen atoms in total. The van der Waals surface area contributed by atoms with Crippen LogP contribution < -0.4 is 14.2 Å². The number of carbonyl (C=O) groups excluding carboxylic acids is 1. The monoisotopic (exact) mass is 513 g/mol. The first-order valence-electron chi connectivity index (χ1n) is 12.0. The van der Waals surface area contributed by atoms with Crippen LogP contribution in [0.4, 0.5) is 11.4 Å². The normalized spacial score (nSPS) is 16.9. The molecule has 0 saturated carbocycles. The van der Waals surface area contributed by atoms with Gasteiger partial charge in [0.1, 0.15) is 5.56 Å². The summed E-state index contributed by atoms with van der Waals surface area (Å²) in [5, 5.41) is 24.3. The Labute approximate surface area is 214 Å². The summed E-state index contributed by atoms with van der Waals surface area (Å²) in [6, 6.07) is 1.47. The fraction of sp³-hybridized carbons (Fsp3) is 0.500. The molecule has 2 aliphatic heterocycles. The van der Waals surface area contributed by atoms with Crippen molar-refractivity contribution >= 4 is 17.2 Å². The quantitative estimate of drug-likeness (QED) is 0.298. The number of Topliss-reactive ketones (excluding diaryl/α,β-unsaturated/α-hetero) is 1. The fourth-order valence-electron chi connectivity index (χ4n) is 5.65. The van der Waals surface area contributed by atoms with E-state index in [9.17, 15) is 25.0 Å². The molecule has 2 aliphatic rings. The molecule has 0 spiro atoms. The van der Waals surface area contributed by atoms with Crippen LogP contribution in [0.1, 0.15) is 71.4 Å². The van der Waals surface area contributed by atoms with Crippen LogP contribution in [0.3, 0.4) is 0 Å². The van der Waals surface area contributed by atoms with Crippen LogP contribution in [0.5, 0.6) is 17.2 Å². The number of fused-ring (bicyclic) bond motifs is 2. The number of hydrogen-bond donors (Lipinski definition) is 0. The van der Waals surface area contributed by atoms with Crippen LogP contribution >= 0.6 is 0 Å². The Bertz CT molecular complexity index is 1290. The van der Waals surface area contributed by atoms with E-state index in [2.05, 4.69) is 0 Å². The Kier molecular flexibility index (Phi) is 6.61. The standard InChI is InChI=1S/C26H31N3O8/c1-13-19(14(2)23(29(33)34)21(26(3,4)5)22(13)28(31)32)17(30)11-16-20-15(8-9-27(16)6)10-18-24(25(20)35-7)37-12-36-18/h10,16H,8-9,11-12H2,1-7H3. The van der Waals surface area contributed by atoms with Crippen molar-refractivity contribution in [3.8, 4) is 17.2 Å². The fourth-order valence-corrected chi connectivity index (χ4v) is 5.65. The first kappa shape index (κ1) is 26.3. The van der Waals surface area contributed by atoms with Crippen LogP contribution in [-0.2, 0) is 11.8 Å². The van der Waals surface area contributed by atoms with Gasteiger partial charge in [0.25, 0.3) is 11.4 Å². The molecule has 198 valence electrons. The lowest BCUT2D eigenvalue weighted by Gasteiger charge is -2.35. The maximum absolute atomic E-state index is 13.9. The molecule has 1 atom stereocenters. The van der Waals surface area contributed by atoms with E-state index in [4.69, 9.17) is 14.2 Å². The van der Waals surface area contributed by atoms with Crippen molar-refractivity contribution in [3.05, 3.63) is 59.7 Å². The molecule has 2 heterocycles. The van der Waals surface area contributed by atoms with E-state index >= 15 is 0 Å². The molecule has 2 aromatic carbocycles. The average molecular weight is 514 g/mol. The van der Waals surface area contributed by atoms with E-state index in [1.807, 2.05) is 18.0 Å². The molecule has 0 fully saturated rings. The number of hydrogen-bond acceptors (Lipinski definition) is 9. The lowest BCUT2D eigenvalue weighted by molar-refractivity contribution is -0.397. The van der Waals surface area contributed by atoms with E-state index in [1.54, 1.807) is 20.8 Å². The van der Waals surface area contributed by atoms with Gasteiger partial charge in [-0.1, -0.05) is 20.8 Å². The number of ether oxygens (including phenoxy) is 3. The third-order valence-corrected chi connectivity index (χ3v) is 7.25. The number of nitro benzene ring substituents is 2. The Morgan fingerprint density at radius 1 is 1.14 bits per heavy atom. The van der Waals surface area contributed by atoms with Crippen molar-refractivity contribution in [2.24, 2.45) is 0 Å². The SMILES string of the molecule is COc1c2c(cc3c1C(CC(=O)c1c(C)c([N+](=O)[O-])c(C(C)(C)C)c([N+](=O)[O-])c1C)N(C)CC3)OCO2. The van der Waals surface area contributed by atoms with Crippen molar-refractivity contribution in [2.45, 2.75) is 58.9 Å². The van der Waals surface area contributed by atoms with Crippen LogP contribution in [-0.4, -0.2) is 48.0 Å². The highest BCUT2D eigenvalue weighted by Crippen LogP contribution is 2.51. The second-order valence-corrected chi connectivity index (χ2v) is 10.6. The minimum Gasteiger partial charge on any atom is -0.492 e. The average Bonchev–Trinajstić information content (AvgIpc) is 3.26. The van der Waals surface area contributed by atoms with E-state index in [1.165, 1.54) is 21.0 Å². The molecular formula is C26H31N3O8. The molecule has 37 heavy (non-hydrogen) atoms. The number of nitrogens with zero attached hydrogens (tertiary/aromatic N) is 3. The van der Waals surface area contributed by atoms with Crippen molar-refractivity contribution in [3.63, 3.8) is 0 Å². The topological polar surface area (TPSA) is 134 Å². The molecule has 1 unspecified atom stereocenters. The van der Waals surface area contributed by atoms with Crippen molar-refractivity contribution in [1.82, 2.24) is 4.90 Å². The second kappa shape index (κ2) is 9.29. The predicted molar refractivity (Wildman–Crippen MR) is 135 cm³/mol. The van der Waals surface area contributed by atoms with Gasteiger partial charge in [-0.15, -0.1) is 0 Å². The predicted octanol–water partition coefficient (Wildman–Crippen LogP) is 4.96. The van der Waals surface area contributed by atoms with Gasteiger partial charge in [0.05, 0.1) is 17.0 Å². The Morgan fingerprint density at radius 2 is 1.73 bits per heavy atom. The molecule has 0 amide bonds. The molecule has 0 saturated heterocycles. The summed E-state index contributed by atoms with van der Waals surface area (Å²) in [6.07, 6.45) is 0.656. The molecule has 4 rings (SSSR count). The molecule has 0 aliphatic carbocycles. The number of carbonyl (C=O) groups is 1. The van der Waals surface area contributed by atoms with Crippen molar-refractivity contribution < 1.29 is 28.9 Å². The summed E-state index contributed by atoms with van der Waals surface area (Å²) in [4.78, 5) is 39.0. The number of nitro groups is 2. The van der Waals surface area contributed by atoms with Gasteiger partial charge in [0.15, 0.2) is 17.3 Å². The molecule has 2 aromatic rings. The minimum atomic E-state index is -0.889. The van der Waals surface area contributed by atoms with Crippen LogP contribution in [0.25, 0.3) is 0 Å². The van der Waals surface area contributed by atoms with Crippen LogP contribution in [0.2, 0.25) is 0 Å². The van der Waals surface area contributed by atoms with E-state index in [-0.39, 0.29) is 46.8 Å². The smallest absolute Gasteiger partial charge is 0.283 e. The number of rotatable bonds is 6. The maximum atomic E-state index is 13.9. The van der Waals surface area contributed by atoms with Gasteiger partial charge >= 0.3 is 0 Å². The van der Waals surface area contributed by atoms with Gasteiger partial charge in [0.2, 0.25) is 12.5 Å². The van der Waals surface area contributed by atoms with Gasteiger partial charge in [-0.05, 0) is 38.9 Å². The van der Waals surface area contributed by atoms with Gasteiger partial charge in [-0.25, -0.2) is 0 Å². The van der Waals surface area contributed by atoms with E-state index in [0.717, 1.165) is 11.1 Å². The number of benzene rings is 2. The maximum Gasteiger partial charge on any atom is 0.283 e. The largest absolute Gasteiger partial charge is 0.492 e. The highest BCUT2D eigenvalue weighted by atomic mass is 16.7. The second-order valence-electron chi connectivity index (χ2n) is 10.6. The highest BCUT2D eigenvalue weighted by molar-refractivity contribution is 6.02. The molecule has 0 radical (unpaired) electrons. The van der Waals surface area contributed by atoms with Gasteiger partial charge in [-0.2, -0.15) is 0 Å². The van der Waals surface area contributed by atoms with Crippen LogP contribution in [0.15, 0.2) is 6.07 Å². The summed E-state index contributed by atoms with van der Waals surface area (Å²) in [6.45, 7) is 8.78. The summed E-state index contributed by atoms with van der Waals surface area (Å²) >= 11 is 0. The first-order valence-corrected chi connectivity index (χ1v) is 12.0. The Hall–Kier alpha value is -3.73. The highest BCUT2D eigenvalue weighted by Gasteiger charge is 2.42. The molecule has 11 heteroatoms. The molecular weight excluding hydrogens is 482 g/mol. The lowest BCUT2D eigenvalue weighted by Crippen LogP contribution is -2.34. The minimum absolute atomic E-state index is 0.0172. The molecule has 0 N–H and O–H groups in total. The number of methoxy groups -OCH3 is 1. The third kappa shape index (κ3) is 4.26.